The van der Waals surface area contributed by atoms with Gasteiger partial charge in [0.1, 0.15) is 5.71 Å². The minimum atomic E-state index is -4.83. The zero-order chi connectivity index (χ0) is 27.5. The number of nitrogens with one attached hydrogen (secondary N) is 2. The molecule has 0 unspecified atom stereocenters. The molecule has 0 amide bonds. The average molecular weight is 611 g/mol. The first-order chi connectivity index (χ1) is 18.1. The number of thiocarbonyl (C=S) groups is 2. The van der Waals surface area contributed by atoms with Crippen LogP contribution in [0.5, 0.6) is 0 Å². The summed E-state index contributed by atoms with van der Waals surface area (Å²) >= 11 is 12.6. The molecule has 196 valence electrons. The van der Waals surface area contributed by atoms with Crippen molar-refractivity contribution in [3.63, 3.8) is 0 Å². The molecule has 1 heterocycles. The monoisotopic (exact) mass is 610 g/mol. The molecule has 0 aliphatic rings. The standard InChI is InChI=1S/C24H17F3N4O2S5/c25-24(26,27)19(29-31-23(35)38-21(33)16-10-5-2-6-11-16)14-17(18-12-7-13-36-18)28-30-22(34)37-20(32)15-8-3-1-4-9-15/h1-13H,14H2,(H,30,34)(H,31,35)/b28-17-,29-19+. The number of carbonyl (C=O) groups excluding carboxylic acids is 2. The lowest BCUT2D eigenvalue weighted by Gasteiger charge is -2.13. The summed E-state index contributed by atoms with van der Waals surface area (Å²) in [7, 11) is 0. The lowest BCUT2D eigenvalue weighted by atomic mass is 10.1. The SMILES string of the molecule is O=C(SC(=S)N/N=C(/C/C(=N\NC(=S)SC(=O)c1ccccc1)C(F)(F)F)c1cccs1)c1ccccc1. The molecule has 3 aromatic rings. The van der Waals surface area contributed by atoms with Crippen molar-refractivity contribution >= 4 is 89.6 Å². The van der Waals surface area contributed by atoms with Crippen LogP contribution in [0.4, 0.5) is 13.2 Å². The van der Waals surface area contributed by atoms with E-state index < -0.39 is 23.4 Å². The van der Waals surface area contributed by atoms with E-state index in [9.17, 15) is 22.8 Å². The van der Waals surface area contributed by atoms with Crippen LogP contribution in [0.25, 0.3) is 0 Å². The number of carbonyl (C=O) groups is 2. The fourth-order valence-electron chi connectivity index (χ4n) is 2.69. The van der Waals surface area contributed by atoms with Crippen LogP contribution < -0.4 is 10.9 Å². The van der Waals surface area contributed by atoms with Gasteiger partial charge in [0.2, 0.25) is 10.2 Å². The molecule has 0 fully saturated rings. The molecule has 0 atom stereocenters. The Morgan fingerprint density at radius 2 is 1.29 bits per heavy atom. The summed E-state index contributed by atoms with van der Waals surface area (Å²) in [4.78, 5) is 25.0. The van der Waals surface area contributed by atoms with Gasteiger partial charge in [-0.05, 0) is 35.0 Å². The van der Waals surface area contributed by atoms with Crippen LogP contribution in [0, 0.1) is 0 Å². The molecule has 0 bridgehead atoms. The smallest absolute Gasteiger partial charge is 0.281 e. The van der Waals surface area contributed by atoms with Crippen LogP contribution in [-0.4, -0.2) is 36.5 Å². The molecular weight excluding hydrogens is 594 g/mol. The maximum absolute atomic E-state index is 13.8. The lowest BCUT2D eigenvalue weighted by molar-refractivity contribution is -0.0601. The second-order valence-corrected chi connectivity index (χ2v) is 11.3. The molecule has 38 heavy (non-hydrogen) atoms. The fourth-order valence-corrected chi connectivity index (χ4v) is 4.98. The zero-order valence-corrected chi connectivity index (χ0v) is 23.2. The van der Waals surface area contributed by atoms with Gasteiger partial charge in [-0.25, -0.2) is 0 Å². The summed E-state index contributed by atoms with van der Waals surface area (Å²) in [6, 6.07) is 19.8. The number of hydrogen-bond acceptors (Lipinski definition) is 9. The highest BCUT2D eigenvalue weighted by Crippen LogP contribution is 2.23. The van der Waals surface area contributed by atoms with Gasteiger partial charge in [0.05, 0.1) is 10.6 Å². The molecule has 0 radical (unpaired) electrons. The van der Waals surface area contributed by atoms with E-state index in [4.69, 9.17) is 24.4 Å². The van der Waals surface area contributed by atoms with Gasteiger partial charge in [0.15, 0.2) is 8.64 Å². The van der Waals surface area contributed by atoms with Gasteiger partial charge in [-0.3, -0.25) is 20.4 Å². The summed E-state index contributed by atoms with van der Waals surface area (Å²) < 4.78 is 41.2. The van der Waals surface area contributed by atoms with Crippen molar-refractivity contribution in [2.45, 2.75) is 12.6 Å². The van der Waals surface area contributed by atoms with Gasteiger partial charge in [-0.15, -0.1) is 11.3 Å². The van der Waals surface area contributed by atoms with Crippen molar-refractivity contribution in [2.24, 2.45) is 10.2 Å². The number of thioether (sulfide) groups is 2. The van der Waals surface area contributed by atoms with Gasteiger partial charge in [-0.2, -0.15) is 23.4 Å². The van der Waals surface area contributed by atoms with Crippen molar-refractivity contribution in [1.29, 1.82) is 0 Å². The predicted octanol–water partition coefficient (Wildman–Crippen LogP) is 6.66. The Labute approximate surface area is 239 Å². The topological polar surface area (TPSA) is 82.9 Å². The second kappa shape index (κ2) is 14.3. The first-order valence-corrected chi connectivity index (χ1v) is 13.8. The van der Waals surface area contributed by atoms with E-state index in [-0.39, 0.29) is 19.5 Å². The van der Waals surface area contributed by atoms with Gasteiger partial charge in [0, 0.05) is 17.5 Å². The third-order valence-electron chi connectivity index (χ3n) is 4.42. The van der Waals surface area contributed by atoms with E-state index in [1.54, 1.807) is 78.2 Å². The summed E-state index contributed by atoms with van der Waals surface area (Å²) in [5, 5.41) is 8.39. The summed E-state index contributed by atoms with van der Waals surface area (Å²) in [5.74, 6) is 0. The minimum absolute atomic E-state index is 0.00748. The number of rotatable bonds is 7. The molecule has 0 aliphatic heterocycles. The van der Waals surface area contributed by atoms with Crippen molar-refractivity contribution in [1.82, 2.24) is 10.9 Å². The first kappa shape index (κ1) is 29.6. The van der Waals surface area contributed by atoms with Gasteiger partial charge < -0.3 is 0 Å². The molecular formula is C24H17F3N4O2S5. The normalized spacial score (nSPS) is 12.1. The molecule has 2 N–H and O–H groups in total. The molecule has 2 aromatic carbocycles. The third kappa shape index (κ3) is 9.44. The summed E-state index contributed by atoms with van der Waals surface area (Å²) in [6.45, 7) is 0. The molecule has 0 saturated heterocycles. The molecule has 0 aliphatic carbocycles. The first-order valence-electron chi connectivity index (χ1n) is 10.5. The largest absolute Gasteiger partial charge is 0.431 e. The van der Waals surface area contributed by atoms with Crippen molar-refractivity contribution in [3.8, 4) is 0 Å². The number of hydrogen-bond donors (Lipinski definition) is 2. The maximum Gasteiger partial charge on any atom is 0.431 e. The van der Waals surface area contributed by atoms with E-state index >= 15 is 0 Å². The average Bonchev–Trinajstić information content (AvgIpc) is 3.43. The van der Waals surface area contributed by atoms with Crippen LogP contribution in [-0.2, 0) is 0 Å². The quantitative estimate of drug-likeness (QED) is 0.175. The molecule has 0 spiro atoms. The second-order valence-electron chi connectivity index (χ2n) is 7.08. The van der Waals surface area contributed by atoms with Crippen molar-refractivity contribution in [3.05, 3.63) is 94.2 Å². The highest BCUT2D eigenvalue weighted by atomic mass is 32.2. The highest BCUT2D eigenvalue weighted by Gasteiger charge is 2.37. The van der Waals surface area contributed by atoms with E-state index in [1.807, 2.05) is 0 Å². The number of alkyl halides is 3. The summed E-state index contributed by atoms with van der Waals surface area (Å²) in [6.07, 6.45) is -5.56. The van der Waals surface area contributed by atoms with Crippen LogP contribution in [0.2, 0.25) is 0 Å². The Bertz CT molecular complexity index is 1350. The van der Waals surface area contributed by atoms with E-state index in [1.165, 1.54) is 11.3 Å². The molecule has 14 heteroatoms. The molecule has 6 nitrogen and oxygen atoms in total. The maximum atomic E-state index is 13.8. The predicted molar refractivity (Wildman–Crippen MR) is 157 cm³/mol. The lowest BCUT2D eigenvalue weighted by Crippen LogP contribution is -2.30. The minimum Gasteiger partial charge on any atom is -0.281 e. The van der Waals surface area contributed by atoms with Crippen LogP contribution in [0.1, 0.15) is 32.0 Å². The number of halogens is 3. The van der Waals surface area contributed by atoms with Crippen LogP contribution in [0.3, 0.4) is 0 Å². The number of nitrogens with zero attached hydrogens (tertiary/aromatic N) is 2. The fraction of sp³-hybridized carbons (Fsp3) is 0.0833. The number of hydrazone groups is 2. The Morgan fingerprint density at radius 3 is 1.74 bits per heavy atom. The Morgan fingerprint density at radius 1 is 0.789 bits per heavy atom. The molecule has 3 rings (SSSR count). The molecule has 1 aromatic heterocycles. The van der Waals surface area contributed by atoms with Crippen LogP contribution >= 0.6 is 59.3 Å². The van der Waals surface area contributed by atoms with Crippen molar-refractivity contribution < 1.29 is 22.8 Å². The zero-order valence-electron chi connectivity index (χ0n) is 19.1. The Hall–Kier alpha value is -2.91. The third-order valence-corrected chi connectivity index (χ3v) is 7.42. The molecule has 0 saturated carbocycles. The number of benzene rings is 2. The Kier molecular flexibility index (Phi) is 11.2. The highest BCUT2D eigenvalue weighted by molar-refractivity contribution is 8.33. The van der Waals surface area contributed by atoms with Gasteiger partial charge in [0.25, 0.3) is 0 Å². The van der Waals surface area contributed by atoms with Gasteiger partial charge in [-0.1, -0.05) is 91.2 Å². The van der Waals surface area contributed by atoms with Crippen molar-refractivity contribution in [2.75, 3.05) is 0 Å². The van der Waals surface area contributed by atoms with Crippen LogP contribution in [0.15, 0.2) is 88.4 Å². The van der Waals surface area contributed by atoms with E-state index in [0.29, 0.717) is 39.5 Å². The Balaban J connectivity index is 1.71. The summed E-state index contributed by atoms with van der Waals surface area (Å²) in [5.41, 5.74) is 4.17. The van der Waals surface area contributed by atoms with E-state index in [0.717, 1.165) is 0 Å². The number of thiophene rings is 1. The van der Waals surface area contributed by atoms with E-state index in [2.05, 4.69) is 21.1 Å². The van der Waals surface area contributed by atoms with Gasteiger partial charge >= 0.3 is 6.18 Å².